The first-order chi connectivity index (χ1) is 10.3. The molecule has 0 aliphatic heterocycles. The number of hydrogen-bond acceptors (Lipinski definition) is 4. The molecule has 0 fully saturated rings. The Hall–Kier alpha value is -1.10. The summed E-state index contributed by atoms with van der Waals surface area (Å²) in [5.74, 6) is 1.50. The van der Waals surface area contributed by atoms with Gasteiger partial charge in [-0.1, -0.05) is 12.1 Å². The molecular formula is C17H29NO3. The van der Waals surface area contributed by atoms with Crippen LogP contribution in [0, 0.1) is 5.92 Å². The molecular weight excluding hydrogens is 266 g/mol. The number of ether oxygens (including phenoxy) is 3. The van der Waals surface area contributed by atoms with Crippen molar-refractivity contribution in [2.24, 2.45) is 5.92 Å². The third-order valence-corrected chi connectivity index (χ3v) is 3.48. The van der Waals surface area contributed by atoms with Crippen LogP contribution in [0.2, 0.25) is 0 Å². The van der Waals surface area contributed by atoms with E-state index in [0.29, 0.717) is 5.92 Å². The highest BCUT2D eigenvalue weighted by Crippen LogP contribution is 2.16. The van der Waals surface area contributed by atoms with Crippen molar-refractivity contribution in [1.29, 1.82) is 0 Å². The van der Waals surface area contributed by atoms with Gasteiger partial charge in [0.25, 0.3) is 0 Å². The Labute approximate surface area is 128 Å². The van der Waals surface area contributed by atoms with Crippen molar-refractivity contribution in [1.82, 2.24) is 5.32 Å². The van der Waals surface area contributed by atoms with E-state index in [1.165, 1.54) is 5.56 Å². The van der Waals surface area contributed by atoms with E-state index in [2.05, 4.69) is 17.4 Å². The second-order valence-electron chi connectivity index (χ2n) is 5.22. The van der Waals surface area contributed by atoms with E-state index >= 15 is 0 Å². The molecule has 1 aromatic rings. The summed E-state index contributed by atoms with van der Waals surface area (Å²) >= 11 is 0. The quantitative estimate of drug-likeness (QED) is 0.602. The summed E-state index contributed by atoms with van der Waals surface area (Å²) in [4.78, 5) is 0. The summed E-state index contributed by atoms with van der Waals surface area (Å²) in [6.07, 6.45) is 3.10. The Kier molecular flexibility index (Phi) is 9.87. The highest BCUT2D eigenvalue weighted by atomic mass is 16.5. The second-order valence-corrected chi connectivity index (χ2v) is 5.22. The first-order valence-corrected chi connectivity index (χ1v) is 7.64. The Morgan fingerprint density at radius 1 is 1.05 bits per heavy atom. The lowest BCUT2D eigenvalue weighted by molar-refractivity contribution is 0.0937. The molecule has 1 aromatic carbocycles. The molecule has 0 aliphatic rings. The predicted molar refractivity (Wildman–Crippen MR) is 86.0 cm³/mol. The van der Waals surface area contributed by atoms with Crippen molar-refractivity contribution in [3.8, 4) is 5.75 Å². The molecule has 1 unspecified atom stereocenters. The minimum absolute atomic E-state index is 0.589. The fraction of sp³-hybridized carbons (Fsp3) is 0.647. The zero-order valence-electron chi connectivity index (χ0n) is 13.6. The lowest BCUT2D eigenvalue weighted by Gasteiger charge is -2.17. The summed E-state index contributed by atoms with van der Waals surface area (Å²) in [5.41, 5.74) is 1.34. The molecule has 1 atom stereocenters. The van der Waals surface area contributed by atoms with Gasteiger partial charge < -0.3 is 19.5 Å². The number of methoxy groups -OCH3 is 2. The van der Waals surface area contributed by atoms with Gasteiger partial charge in [-0.25, -0.2) is 0 Å². The molecule has 0 aromatic heterocycles. The molecule has 0 bridgehead atoms. The van der Waals surface area contributed by atoms with Crippen molar-refractivity contribution >= 4 is 0 Å². The highest BCUT2D eigenvalue weighted by Gasteiger charge is 2.09. The van der Waals surface area contributed by atoms with Gasteiger partial charge in [-0.3, -0.25) is 0 Å². The fourth-order valence-corrected chi connectivity index (χ4v) is 2.32. The van der Waals surface area contributed by atoms with Crippen molar-refractivity contribution in [2.45, 2.75) is 19.3 Å². The van der Waals surface area contributed by atoms with Crippen LogP contribution < -0.4 is 10.1 Å². The normalized spacial score (nSPS) is 12.3. The first kappa shape index (κ1) is 18.0. The van der Waals surface area contributed by atoms with Gasteiger partial charge in [0.15, 0.2) is 0 Å². The van der Waals surface area contributed by atoms with E-state index in [9.17, 15) is 0 Å². The summed E-state index contributed by atoms with van der Waals surface area (Å²) in [7, 11) is 5.41. The number of hydrogen-bond donors (Lipinski definition) is 1. The molecule has 4 heteroatoms. The Bertz CT molecular complexity index is 354. The zero-order valence-corrected chi connectivity index (χ0v) is 13.6. The van der Waals surface area contributed by atoms with Crippen LogP contribution in [0.1, 0.15) is 18.4 Å². The molecule has 0 aliphatic carbocycles. The van der Waals surface area contributed by atoms with E-state index in [1.807, 2.05) is 19.2 Å². The van der Waals surface area contributed by atoms with Gasteiger partial charge in [0.1, 0.15) is 5.75 Å². The van der Waals surface area contributed by atoms with Crippen LogP contribution >= 0.6 is 0 Å². The van der Waals surface area contributed by atoms with Gasteiger partial charge in [0.05, 0.1) is 7.11 Å². The molecule has 0 amide bonds. The van der Waals surface area contributed by atoms with Crippen LogP contribution in [-0.4, -0.2) is 47.6 Å². The van der Waals surface area contributed by atoms with Gasteiger partial charge in [-0.05, 0) is 56.5 Å². The van der Waals surface area contributed by atoms with E-state index in [-0.39, 0.29) is 0 Å². The van der Waals surface area contributed by atoms with Crippen molar-refractivity contribution in [2.75, 3.05) is 47.6 Å². The standard InChI is InChI=1S/C17H29NO3/c1-18-14-16(9-12-21-11-4-10-19-2)13-15-5-7-17(20-3)8-6-15/h5-8,16,18H,4,9-14H2,1-3H3. The van der Waals surface area contributed by atoms with E-state index < -0.39 is 0 Å². The molecule has 1 rings (SSSR count). The minimum Gasteiger partial charge on any atom is -0.497 e. The van der Waals surface area contributed by atoms with E-state index in [1.54, 1.807) is 14.2 Å². The average Bonchev–Trinajstić information content (AvgIpc) is 2.51. The largest absolute Gasteiger partial charge is 0.497 e. The van der Waals surface area contributed by atoms with Crippen molar-refractivity contribution < 1.29 is 14.2 Å². The van der Waals surface area contributed by atoms with Gasteiger partial charge >= 0.3 is 0 Å². The number of nitrogens with one attached hydrogen (secondary N) is 1. The second kappa shape index (κ2) is 11.5. The molecule has 0 spiro atoms. The molecule has 0 heterocycles. The molecule has 120 valence electrons. The van der Waals surface area contributed by atoms with Crippen LogP contribution in [0.4, 0.5) is 0 Å². The highest BCUT2D eigenvalue weighted by molar-refractivity contribution is 5.27. The van der Waals surface area contributed by atoms with Crippen LogP contribution in [0.3, 0.4) is 0 Å². The Morgan fingerprint density at radius 3 is 2.43 bits per heavy atom. The Balaban J connectivity index is 2.31. The lowest BCUT2D eigenvalue weighted by Crippen LogP contribution is -2.22. The lowest BCUT2D eigenvalue weighted by atomic mass is 9.96. The molecule has 0 radical (unpaired) electrons. The minimum atomic E-state index is 0.589. The van der Waals surface area contributed by atoms with Crippen LogP contribution in [0.15, 0.2) is 24.3 Å². The Morgan fingerprint density at radius 2 is 1.81 bits per heavy atom. The summed E-state index contributed by atoms with van der Waals surface area (Å²) in [5, 5.41) is 3.27. The molecule has 0 saturated heterocycles. The predicted octanol–water partition coefficient (Wildman–Crippen LogP) is 2.52. The number of benzene rings is 1. The number of rotatable bonds is 12. The molecule has 1 N–H and O–H groups in total. The van der Waals surface area contributed by atoms with Gasteiger partial charge in [-0.15, -0.1) is 0 Å². The van der Waals surface area contributed by atoms with Crippen molar-refractivity contribution in [3.05, 3.63) is 29.8 Å². The average molecular weight is 295 g/mol. The summed E-state index contributed by atoms with van der Waals surface area (Å²) in [6, 6.07) is 8.32. The van der Waals surface area contributed by atoms with Crippen molar-refractivity contribution in [3.63, 3.8) is 0 Å². The van der Waals surface area contributed by atoms with Crippen LogP contribution in [-0.2, 0) is 15.9 Å². The van der Waals surface area contributed by atoms with Gasteiger partial charge in [0.2, 0.25) is 0 Å². The third kappa shape index (κ3) is 8.05. The molecule has 21 heavy (non-hydrogen) atoms. The third-order valence-electron chi connectivity index (χ3n) is 3.48. The first-order valence-electron chi connectivity index (χ1n) is 7.64. The summed E-state index contributed by atoms with van der Waals surface area (Å²) < 4.78 is 15.9. The van der Waals surface area contributed by atoms with Gasteiger partial charge in [-0.2, -0.15) is 0 Å². The maximum atomic E-state index is 5.66. The van der Waals surface area contributed by atoms with E-state index in [0.717, 1.165) is 51.4 Å². The fourth-order valence-electron chi connectivity index (χ4n) is 2.32. The van der Waals surface area contributed by atoms with E-state index in [4.69, 9.17) is 14.2 Å². The zero-order chi connectivity index (χ0) is 15.3. The van der Waals surface area contributed by atoms with Crippen LogP contribution in [0.25, 0.3) is 0 Å². The SMILES string of the molecule is CNCC(CCOCCCOC)Cc1ccc(OC)cc1. The maximum absolute atomic E-state index is 5.66. The maximum Gasteiger partial charge on any atom is 0.118 e. The molecule has 4 nitrogen and oxygen atoms in total. The summed E-state index contributed by atoms with van der Waals surface area (Å²) in [6.45, 7) is 3.37. The van der Waals surface area contributed by atoms with Gasteiger partial charge in [0, 0.05) is 26.9 Å². The molecule has 0 saturated carbocycles. The monoisotopic (exact) mass is 295 g/mol. The topological polar surface area (TPSA) is 39.7 Å². The smallest absolute Gasteiger partial charge is 0.118 e. The van der Waals surface area contributed by atoms with Crippen LogP contribution in [0.5, 0.6) is 5.75 Å².